The number of hydrogen-bond acceptors (Lipinski definition) is 12. The van der Waals surface area contributed by atoms with Crippen molar-refractivity contribution in [3.8, 4) is 69.0 Å². The molecule has 0 saturated heterocycles. The van der Waals surface area contributed by atoms with Crippen molar-refractivity contribution in [2.75, 3.05) is 0 Å². The highest BCUT2D eigenvalue weighted by molar-refractivity contribution is 5.71. The summed E-state index contributed by atoms with van der Waals surface area (Å²) in [5, 5.41) is 139. The lowest BCUT2D eigenvalue weighted by molar-refractivity contribution is 0.336. The molecule has 0 radical (unpaired) electrons. The van der Waals surface area contributed by atoms with Gasteiger partial charge in [-0.3, -0.25) is 0 Å². The van der Waals surface area contributed by atoms with E-state index in [-0.39, 0.29) is 44.5 Å². The van der Waals surface area contributed by atoms with Crippen molar-refractivity contribution in [2.45, 2.75) is 105 Å². The molecule has 0 aliphatic heterocycles. The van der Waals surface area contributed by atoms with Crippen molar-refractivity contribution in [3.05, 3.63) is 68.8 Å². The van der Waals surface area contributed by atoms with Crippen molar-refractivity contribution in [2.24, 2.45) is 23.7 Å². The van der Waals surface area contributed by atoms with Crippen molar-refractivity contribution in [1.29, 1.82) is 0 Å². The van der Waals surface area contributed by atoms with E-state index in [2.05, 4.69) is 0 Å². The van der Waals surface area contributed by atoms with Crippen LogP contribution in [-0.2, 0) is 0 Å². The molecule has 4 aromatic rings. The summed E-state index contributed by atoms with van der Waals surface area (Å²) in [5.74, 6) is -15.2. The molecular formula is C44H56O12. The van der Waals surface area contributed by atoms with E-state index in [9.17, 15) is 61.3 Å². The number of benzene rings is 4. The lowest BCUT2D eigenvalue weighted by Gasteiger charge is -2.34. The average Bonchev–Trinajstić information content (AvgIpc) is 3.19. The molecule has 5 rings (SSSR count). The predicted molar refractivity (Wildman–Crippen MR) is 211 cm³/mol. The number of hydrogen-bond donors (Lipinski definition) is 12. The molecule has 0 aromatic heterocycles. The second-order valence-electron chi connectivity index (χ2n) is 15.9. The van der Waals surface area contributed by atoms with Crippen LogP contribution in [0.15, 0.2) is 24.3 Å². The van der Waals surface area contributed by atoms with Gasteiger partial charge in [0.1, 0.15) is 0 Å². The van der Waals surface area contributed by atoms with Gasteiger partial charge in [-0.1, -0.05) is 81.1 Å². The van der Waals surface area contributed by atoms with Crippen molar-refractivity contribution >= 4 is 0 Å². The first-order chi connectivity index (χ1) is 26.3. The van der Waals surface area contributed by atoms with Gasteiger partial charge >= 0.3 is 0 Å². The number of aromatic hydroxyl groups is 12. The van der Waals surface area contributed by atoms with Gasteiger partial charge in [0.2, 0.25) is 23.0 Å². The number of fused-ring (bicyclic) bond motifs is 8. The summed E-state index contributed by atoms with van der Waals surface area (Å²) in [4.78, 5) is 0. The van der Waals surface area contributed by atoms with E-state index in [0.29, 0.717) is 25.7 Å². The van der Waals surface area contributed by atoms with Crippen molar-refractivity contribution in [1.82, 2.24) is 0 Å². The topological polar surface area (TPSA) is 243 Å². The van der Waals surface area contributed by atoms with Gasteiger partial charge in [0.25, 0.3) is 0 Å². The van der Waals surface area contributed by atoms with Gasteiger partial charge in [0.05, 0.1) is 0 Å². The third kappa shape index (κ3) is 6.42. The molecule has 1 aliphatic rings. The summed E-state index contributed by atoms with van der Waals surface area (Å²) in [6, 6.07) is 5.80. The Morgan fingerprint density at radius 3 is 0.518 bits per heavy atom. The summed E-state index contributed by atoms with van der Waals surface area (Å²) < 4.78 is 0. The molecule has 4 atom stereocenters. The Kier molecular flexibility index (Phi) is 11.6. The van der Waals surface area contributed by atoms with Gasteiger partial charge in [-0.25, -0.2) is 0 Å². The van der Waals surface area contributed by atoms with Crippen molar-refractivity contribution in [3.63, 3.8) is 0 Å². The predicted octanol–water partition coefficient (Wildman–Crippen LogP) is 9.18. The maximum Gasteiger partial charge on any atom is 0.200 e. The number of phenolic OH excluding ortho intramolecular Hbond substituents is 12. The molecule has 12 heteroatoms. The lowest BCUT2D eigenvalue weighted by Crippen LogP contribution is -2.19. The first-order valence-electron chi connectivity index (χ1n) is 19.4. The van der Waals surface area contributed by atoms with Gasteiger partial charge in [0.15, 0.2) is 46.0 Å². The van der Waals surface area contributed by atoms with Crippen LogP contribution in [0.25, 0.3) is 0 Å². The zero-order valence-electron chi connectivity index (χ0n) is 33.1. The molecule has 4 aromatic carbocycles. The van der Waals surface area contributed by atoms with Gasteiger partial charge in [-0.05, 0) is 47.9 Å². The lowest BCUT2D eigenvalue weighted by atomic mass is 9.71. The van der Waals surface area contributed by atoms with Gasteiger partial charge in [-0.2, -0.15) is 0 Å². The molecule has 4 unspecified atom stereocenters. The van der Waals surface area contributed by atoms with E-state index in [4.69, 9.17) is 0 Å². The smallest absolute Gasteiger partial charge is 0.200 e. The second-order valence-corrected chi connectivity index (χ2v) is 15.9. The summed E-state index contributed by atoms with van der Waals surface area (Å²) in [6.07, 6.45) is 1.74. The zero-order chi connectivity index (χ0) is 41.8. The highest BCUT2D eigenvalue weighted by Gasteiger charge is 2.40. The van der Waals surface area contributed by atoms with Gasteiger partial charge < -0.3 is 61.3 Å². The van der Waals surface area contributed by atoms with E-state index in [1.54, 1.807) is 0 Å². The van der Waals surface area contributed by atoms with Crippen LogP contribution >= 0.6 is 0 Å². The Bertz CT molecular complexity index is 1730. The minimum absolute atomic E-state index is 0.0316. The van der Waals surface area contributed by atoms with Crippen LogP contribution in [0.3, 0.4) is 0 Å². The van der Waals surface area contributed by atoms with E-state index in [1.807, 2.05) is 55.4 Å². The molecule has 0 fully saturated rings. The third-order valence-corrected chi connectivity index (χ3v) is 12.8. The average molecular weight is 777 g/mol. The van der Waals surface area contributed by atoms with Gasteiger partial charge in [-0.15, -0.1) is 0 Å². The summed E-state index contributed by atoms with van der Waals surface area (Å²) in [6.45, 7) is 14.7. The quantitative estimate of drug-likeness (QED) is 0.0750. The summed E-state index contributed by atoms with van der Waals surface area (Å²) in [7, 11) is 0. The van der Waals surface area contributed by atoms with Crippen LogP contribution in [0.1, 0.15) is 149 Å². The molecule has 0 spiro atoms. The van der Waals surface area contributed by atoms with Crippen molar-refractivity contribution < 1.29 is 61.3 Å². The molecule has 12 nitrogen and oxygen atoms in total. The normalized spacial score (nSPS) is 20.3. The Labute approximate surface area is 326 Å². The molecule has 1 aliphatic carbocycles. The first kappa shape index (κ1) is 41.6. The third-order valence-electron chi connectivity index (χ3n) is 12.8. The SMILES string of the molecule is CCC(C)C1c2cc(c(O)c(O)c2O)C(C(C)CC)c2cc(c(O)c(O)c2O)C(C(C)CC)c2cc(c(O)c(O)c2O)C(C(C)CC)c2cc1c(O)c(O)c2O. The molecule has 8 bridgehead atoms. The molecule has 0 heterocycles. The highest BCUT2D eigenvalue weighted by Crippen LogP contribution is 2.60. The maximum atomic E-state index is 11.6. The zero-order valence-corrected chi connectivity index (χ0v) is 33.1. The minimum atomic E-state index is -1.02. The Morgan fingerprint density at radius 1 is 0.286 bits per heavy atom. The minimum Gasteiger partial charge on any atom is -0.504 e. The largest absolute Gasteiger partial charge is 0.504 e. The van der Waals surface area contributed by atoms with E-state index >= 15 is 0 Å². The number of phenols is 12. The standard InChI is InChI=1S/C44H56O12/c1-9-17(5)29-21-13-23(35(47)41(53)33(21)45)30(18(6)10-2)25-15-27(39(51)43(55)37(25)49)32(20(8)12-4)28-16-26(38(50)44(56)40(28)52)31(19(7)11-3)24-14-22(29)34(46)42(54)36(24)48/h13-20,29-32,45-56H,9-12H2,1-8H3. The fourth-order valence-corrected chi connectivity index (χ4v) is 8.72. The molecule has 0 amide bonds. The van der Waals surface area contributed by atoms with Gasteiger partial charge in [0, 0.05) is 68.2 Å². The second kappa shape index (κ2) is 15.5. The van der Waals surface area contributed by atoms with Crippen LogP contribution in [0.4, 0.5) is 0 Å². The van der Waals surface area contributed by atoms with Crippen LogP contribution in [0.2, 0.25) is 0 Å². The molecule has 0 saturated carbocycles. The fraction of sp³-hybridized carbons (Fsp3) is 0.455. The fourth-order valence-electron chi connectivity index (χ4n) is 8.72. The molecular weight excluding hydrogens is 720 g/mol. The van der Waals surface area contributed by atoms with Crippen LogP contribution in [0.5, 0.6) is 69.0 Å². The highest BCUT2D eigenvalue weighted by atomic mass is 16.3. The summed E-state index contributed by atoms with van der Waals surface area (Å²) >= 11 is 0. The van der Waals surface area contributed by atoms with E-state index in [0.717, 1.165) is 0 Å². The number of rotatable bonds is 8. The Morgan fingerprint density at radius 2 is 0.411 bits per heavy atom. The molecule has 304 valence electrons. The molecule has 56 heavy (non-hydrogen) atoms. The maximum absolute atomic E-state index is 11.6. The van der Waals surface area contributed by atoms with Crippen LogP contribution in [0, 0.1) is 23.7 Å². The monoisotopic (exact) mass is 776 g/mol. The van der Waals surface area contributed by atoms with E-state index in [1.165, 1.54) is 24.3 Å². The summed E-state index contributed by atoms with van der Waals surface area (Å²) in [5.41, 5.74) is 0.252. The van der Waals surface area contributed by atoms with Crippen LogP contribution in [-0.4, -0.2) is 61.3 Å². The van der Waals surface area contributed by atoms with Crippen LogP contribution < -0.4 is 0 Å². The Hall–Kier alpha value is -5.52. The Balaban J connectivity index is 2.15. The molecule has 12 N–H and O–H groups in total. The first-order valence-corrected chi connectivity index (χ1v) is 19.4. The van der Waals surface area contributed by atoms with E-state index < -0.39 is 116 Å².